The Hall–Kier alpha value is -1.36. The van der Waals surface area contributed by atoms with Crippen LogP contribution in [0.2, 0.25) is 0 Å². The first kappa shape index (κ1) is 11.1. The number of hydrogen-bond donors (Lipinski definition) is 1. The highest BCUT2D eigenvalue weighted by molar-refractivity contribution is 9.10. The predicted octanol–water partition coefficient (Wildman–Crippen LogP) is 2.88. The van der Waals surface area contributed by atoms with Crippen LogP contribution in [0, 0.1) is 0 Å². The first-order valence-corrected chi connectivity index (χ1v) is 5.89. The van der Waals surface area contributed by atoms with E-state index < -0.39 is 0 Å². The van der Waals surface area contributed by atoms with Crippen LogP contribution in [0.3, 0.4) is 0 Å². The van der Waals surface area contributed by atoms with Gasteiger partial charge in [-0.1, -0.05) is 6.92 Å². The van der Waals surface area contributed by atoms with Gasteiger partial charge < -0.3 is 5.32 Å². The van der Waals surface area contributed by atoms with E-state index in [9.17, 15) is 0 Å². The van der Waals surface area contributed by atoms with Crippen LogP contribution in [0.1, 0.15) is 12.6 Å². The third kappa shape index (κ3) is 2.24. The van der Waals surface area contributed by atoms with Gasteiger partial charge in [-0.2, -0.15) is 5.10 Å². The molecule has 2 aromatic rings. The molecule has 2 heterocycles. The largest absolute Gasteiger partial charge is 0.352 e. The molecule has 1 N–H and O–H groups in total. The van der Waals surface area contributed by atoms with Crippen LogP contribution in [-0.4, -0.2) is 14.8 Å². The molecule has 2 rings (SSSR count). The molecular weight excluding hydrogens is 268 g/mol. The fourth-order valence-electron chi connectivity index (χ4n) is 1.52. The number of pyridine rings is 1. The molecule has 0 unspecified atom stereocenters. The summed E-state index contributed by atoms with van der Waals surface area (Å²) < 4.78 is 2.76. The molecule has 0 spiro atoms. The molecule has 0 aliphatic heterocycles. The first-order valence-electron chi connectivity index (χ1n) is 5.09. The average Bonchev–Trinajstić information content (AvgIpc) is 2.62. The Morgan fingerprint density at radius 3 is 2.94 bits per heavy atom. The van der Waals surface area contributed by atoms with Gasteiger partial charge in [0, 0.05) is 25.6 Å². The molecule has 4 nitrogen and oxygen atoms in total. The van der Waals surface area contributed by atoms with E-state index in [0.29, 0.717) is 0 Å². The number of aromatic nitrogens is 3. The fourth-order valence-corrected chi connectivity index (χ4v) is 1.87. The van der Waals surface area contributed by atoms with Crippen LogP contribution >= 0.6 is 15.9 Å². The van der Waals surface area contributed by atoms with Crippen molar-refractivity contribution >= 4 is 27.3 Å². The molecule has 0 aromatic carbocycles. The van der Waals surface area contributed by atoms with E-state index in [1.807, 2.05) is 24.0 Å². The number of anilines is 2. The zero-order valence-corrected chi connectivity index (χ0v) is 10.8. The van der Waals surface area contributed by atoms with Crippen LogP contribution < -0.4 is 5.32 Å². The maximum absolute atomic E-state index is 4.38. The van der Waals surface area contributed by atoms with Gasteiger partial charge in [0.25, 0.3) is 0 Å². The Morgan fingerprint density at radius 2 is 2.25 bits per heavy atom. The van der Waals surface area contributed by atoms with E-state index in [2.05, 4.69) is 38.3 Å². The maximum Gasteiger partial charge on any atom is 0.0856 e. The lowest BCUT2D eigenvalue weighted by molar-refractivity contribution is 0.746. The number of halogens is 1. The standard InChI is InChI=1S/C11H13BrN4/c1-3-9-11(7-16(2)15-9)14-10-4-5-13-6-8(10)12/h4-7H,3H2,1-2H3,(H,13,14). The number of rotatable bonds is 3. The van der Waals surface area contributed by atoms with Gasteiger partial charge >= 0.3 is 0 Å². The molecule has 16 heavy (non-hydrogen) atoms. The fraction of sp³-hybridized carbons (Fsp3) is 0.273. The Morgan fingerprint density at radius 1 is 1.44 bits per heavy atom. The number of aryl methyl sites for hydroxylation is 2. The summed E-state index contributed by atoms with van der Waals surface area (Å²) in [4.78, 5) is 4.03. The lowest BCUT2D eigenvalue weighted by Gasteiger charge is -2.06. The summed E-state index contributed by atoms with van der Waals surface area (Å²) in [6.45, 7) is 2.09. The Bertz CT molecular complexity index is 492. The summed E-state index contributed by atoms with van der Waals surface area (Å²) in [7, 11) is 1.92. The second-order valence-corrected chi connectivity index (χ2v) is 4.35. The van der Waals surface area contributed by atoms with Gasteiger partial charge in [-0.25, -0.2) is 0 Å². The van der Waals surface area contributed by atoms with Gasteiger partial charge in [0.15, 0.2) is 0 Å². The molecule has 0 saturated carbocycles. The van der Waals surface area contributed by atoms with Crippen molar-refractivity contribution in [2.75, 3.05) is 5.32 Å². The monoisotopic (exact) mass is 280 g/mol. The predicted molar refractivity (Wildman–Crippen MR) is 67.8 cm³/mol. The van der Waals surface area contributed by atoms with Crippen molar-refractivity contribution in [3.63, 3.8) is 0 Å². The molecule has 0 aliphatic rings. The highest BCUT2D eigenvalue weighted by Gasteiger charge is 2.07. The van der Waals surface area contributed by atoms with Crippen molar-refractivity contribution in [3.8, 4) is 0 Å². The minimum absolute atomic E-state index is 0.909. The van der Waals surface area contributed by atoms with Crippen molar-refractivity contribution in [2.24, 2.45) is 7.05 Å². The molecule has 0 radical (unpaired) electrons. The van der Waals surface area contributed by atoms with Crippen LogP contribution in [-0.2, 0) is 13.5 Å². The molecule has 5 heteroatoms. The summed E-state index contributed by atoms with van der Waals surface area (Å²) >= 11 is 3.45. The first-order chi connectivity index (χ1) is 7.70. The molecular formula is C11H13BrN4. The normalized spacial score (nSPS) is 10.4. The molecule has 0 bridgehead atoms. The minimum atomic E-state index is 0.909. The van der Waals surface area contributed by atoms with Gasteiger partial charge in [0.2, 0.25) is 0 Å². The van der Waals surface area contributed by atoms with Crippen LogP contribution in [0.5, 0.6) is 0 Å². The lowest BCUT2D eigenvalue weighted by Crippen LogP contribution is -1.94. The smallest absolute Gasteiger partial charge is 0.0856 e. The third-order valence-electron chi connectivity index (χ3n) is 2.28. The van der Waals surface area contributed by atoms with E-state index in [1.54, 1.807) is 12.4 Å². The number of nitrogens with zero attached hydrogens (tertiary/aromatic N) is 3. The SMILES string of the molecule is CCc1nn(C)cc1Nc1ccncc1Br. The maximum atomic E-state index is 4.38. The van der Waals surface area contributed by atoms with Crippen LogP contribution in [0.25, 0.3) is 0 Å². The highest BCUT2D eigenvalue weighted by atomic mass is 79.9. The second-order valence-electron chi connectivity index (χ2n) is 3.50. The zero-order chi connectivity index (χ0) is 11.5. The summed E-state index contributed by atoms with van der Waals surface area (Å²) in [6, 6.07) is 1.93. The summed E-state index contributed by atoms with van der Waals surface area (Å²) in [6.07, 6.45) is 6.41. The number of hydrogen-bond acceptors (Lipinski definition) is 3. The highest BCUT2D eigenvalue weighted by Crippen LogP contribution is 2.26. The van der Waals surface area contributed by atoms with E-state index in [-0.39, 0.29) is 0 Å². The van der Waals surface area contributed by atoms with Gasteiger partial charge in [0.05, 0.1) is 21.5 Å². The van der Waals surface area contributed by atoms with E-state index in [4.69, 9.17) is 0 Å². The van der Waals surface area contributed by atoms with Crippen LogP contribution in [0.15, 0.2) is 29.1 Å². The van der Waals surface area contributed by atoms with Crippen molar-refractivity contribution in [3.05, 3.63) is 34.8 Å². The molecule has 2 aromatic heterocycles. The Kier molecular flexibility index (Phi) is 3.24. The molecule has 84 valence electrons. The van der Waals surface area contributed by atoms with Crippen molar-refractivity contribution in [2.45, 2.75) is 13.3 Å². The Balaban J connectivity index is 2.30. The Labute approximate surface area is 103 Å². The molecule has 0 atom stereocenters. The van der Waals surface area contributed by atoms with Gasteiger partial charge in [-0.15, -0.1) is 0 Å². The van der Waals surface area contributed by atoms with Gasteiger partial charge in [-0.05, 0) is 28.4 Å². The lowest BCUT2D eigenvalue weighted by atomic mass is 10.3. The summed E-state index contributed by atoms with van der Waals surface area (Å²) in [5.74, 6) is 0. The summed E-state index contributed by atoms with van der Waals surface area (Å²) in [5, 5.41) is 7.72. The molecule has 0 aliphatic carbocycles. The van der Waals surface area contributed by atoms with Crippen molar-refractivity contribution in [1.82, 2.24) is 14.8 Å². The summed E-state index contributed by atoms with van der Waals surface area (Å²) in [5.41, 5.74) is 3.10. The topological polar surface area (TPSA) is 42.7 Å². The molecule has 0 fully saturated rings. The third-order valence-corrected chi connectivity index (χ3v) is 2.91. The average molecular weight is 281 g/mol. The van der Waals surface area contributed by atoms with Gasteiger partial charge in [-0.3, -0.25) is 9.67 Å². The molecule has 0 amide bonds. The quantitative estimate of drug-likeness (QED) is 0.940. The van der Waals surface area contributed by atoms with Gasteiger partial charge in [0.1, 0.15) is 0 Å². The van der Waals surface area contributed by atoms with Crippen molar-refractivity contribution < 1.29 is 0 Å². The van der Waals surface area contributed by atoms with Crippen LogP contribution in [0.4, 0.5) is 11.4 Å². The van der Waals surface area contributed by atoms with E-state index >= 15 is 0 Å². The minimum Gasteiger partial charge on any atom is -0.352 e. The second kappa shape index (κ2) is 4.65. The van der Waals surface area contributed by atoms with E-state index in [1.165, 1.54) is 0 Å². The van der Waals surface area contributed by atoms with Crippen molar-refractivity contribution in [1.29, 1.82) is 0 Å². The molecule has 0 saturated heterocycles. The number of nitrogens with one attached hydrogen (secondary N) is 1. The van der Waals surface area contributed by atoms with E-state index in [0.717, 1.165) is 28.0 Å². The zero-order valence-electron chi connectivity index (χ0n) is 9.24.